The van der Waals surface area contributed by atoms with Crippen molar-refractivity contribution in [3.63, 3.8) is 0 Å². The summed E-state index contributed by atoms with van der Waals surface area (Å²) in [5.41, 5.74) is 8.49. The van der Waals surface area contributed by atoms with Crippen LogP contribution in [-0.4, -0.2) is 21.1 Å². The highest BCUT2D eigenvalue weighted by Gasteiger charge is 2.32. The van der Waals surface area contributed by atoms with E-state index in [-0.39, 0.29) is 30.0 Å². The average Bonchev–Trinajstić information content (AvgIpc) is 3.38. The van der Waals surface area contributed by atoms with E-state index in [1.807, 2.05) is 24.3 Å². The Bertz CT molecular complexity index is 1700. The van der Waals surface area contributed by atoms with Crippen molar-refractivity contribution in [1.82, 2.24) is 20.5 Å². The van der Waals surface area contributed by atoms with Crippen LogP contribution in [0.4, 0.5) is 33.5 Å². The van der Waals surface area contributed by atoms with Gasteiger partial charge in [-0.3, -0.25) is 9.89 Å². The van der Waals surface area contributed by atoms with Gasteiger partial charge in [0.25, 0.3) is 5.91 Å². The zero-order chi connectivity index (χ0) is 28.4. The van der Waals surface area contributed by atoms with Gasteiger partial charge in [-0.05, 0) is 41.5 Å². The Labute approximate surface area is 224 Å². The maximum atomic E-state index is 13.5. The van der Waals surface area contributed by atoms with E-state index in [4.69, 9.17) is 5.73 Å². The predicted octanol–water partition coefficient (Wildman–Crippen LogP) is 6.05. The number of aromatic nitrogens is 3. The van der Waals surface area contributed by atoms with Gasteiger partial charge in [-0.1, -0.05) is 36.4 Å². The minimum absolute atomic E-state index is 0.0778. The van der Waals surface area contributed by atoms with Crippen molar-refractivity contribution in [3.8, 4) is 11.3 Å². The number of nitrogen functional groups attached to an aromatic ring is 1. The van der Waals surface area contributed by atoms with Crippen molar-refractivity contribution < 1.29 is 26.7 Å². The summed E-state index contributed by atoms with van der Waals surface area (Å²) in [7, 11) is 0. The van der Waals surface area contributed by atoms with E-state index in [1.54, 1.807) is 18.2 Å². The number of carbonyl (C=O) groups excluding carboxylic acids is 1. The topological polar surface area (TPSA) is 109 Å². The highest BCUT2D eigenvalue weighted by atomic mass is 19.4. The van der Waals surface area contributed by atoms with Gasteiger partial charge >= 0.3 is 6.18 Å². The maximum absolute atomic E-state index is 13.5. The summed E-state index contributed by atoms with van der Waals surface area (Å²) in [6.07, 6.45) is -4.10. The molecular weight excluding hydrogens is 531 g/mol. The number of hydrogen-bond acceptors (Lipinski definition) is 5. The number of nitrogens with one attached hydrogen (secondary N) is 3. The van der Waals surface area contributed by atoms with Gasteiger partial charge in [0, 0.05) is 30.5 Å². The Balaban J connectivity index is 1.34. The van der Waals surface area contributed by atoms with Gasteiger partial charge in [-0.25, -0.2) is 13.8 Å². The summed E-state index contributed by atoms with van der Waals surface area (Å²) < 4.78 is 66.7. The van der Waals surface area contributed by atoms with Gasteiger partial charge in [0.2, 0.25) is 0 Å². The first-order valence-electron chi connectivity index (χ1n) is 12.0. The molecule has 204 valence electrons. The molecule has 0 saturated carbocycles. The van der Waals surface area contributed by atoms with Gasteiger partial charge in [0.15, 0.2) is 11.6 Å². The number of hydrogen-bond donors (Lipinski definition) is 4. The third kappa shape index (κ3) is 5.55. The molecule has 0 aliphatic heterocycles. The number of carbonyl (C=O) groups is 1. The number of rotatable bonds is 7. The second-order valence-corrected chi connectivity index (χ2v) is 8.94. The molecule has 1 amide bonds. The molecule has 5 rings (SSSR count). The maximum Gasteiger partial charge on any atom is 0.417 e. The Morgan fingerprint density at radius 3 is 2.40 bits per heavy atom. The highest BCUT2D eigenvalue weighted by Crippen LogP contribution is 2.32. The van der Waals surface area contributed by atoms with Crippen LogP contribution in [0.15, 0.2) is 72.9 Å². The average molecular weight is 553 g/mol. The van der Waals surface area contributed by atoms with Crippen LogP contribution in [0.5, 0.6) is 0 Å². The molecule has 3 aromatic carbocycles. The quantitative estimate of drug-likeness (QED) is 0.145. The monoisotopic (exact) mass is 552 g/mol. The lowest BCUT2D eigenvalue weighted by Crippen LogP contribution is -2.25. The van der Waals surface area contributed by atoms with Gasteiger partial charge in [0.1, 0.15) is 11.5 Å². The molecular formula is C28H21F5N6O. The zero-order valence-corrected chi connectivity index (χ0v) is 20.6. The van der Waals surface area contributed by atoms with Crippen LogP contribution in [0, 0.1) is 11.6 Å². The van der Waals surface area contributed by atoms with Gasteiger partial charge in [0.05, 0.1) is 22.0 Å². The third-order valence-electron chi connectivity index (χ3n) is 6.21. The van der Waals surface area contributed by atoms with Crippen LogP contribution in [0.3, 0.4) is 0 Å². The minimum atomic E-state index is -4.73. The third-order valence-corrected chi connectivity index (χ3v) is 6.21. The van der Waals surface area contributed by atoms with Crippen molar-refractivity contribution in [1.29, 1.82) is 0 Å². The number of benzene rings is 3. The first kappa shape index (κ1) is 26.6. The van der Waals surface area contributed by atoms with Gasteiger partial charge < -0.3 is 16.4 Å². The molecule has 0 saturated heterocycles. The Morgan fingerprint density at radius 1 is 0.925 bits per heavy atom. The fraction of sp³-hybridized carbons (Fsp3) is 0.107. The molecule has 0 aliphatic carbocycles. The number of pyridine rings is 1. The summed E-state index contributed by atoms with van der Waals surface area (Å²) in [5.74, 6) is -3.11. The van der Waals surface area contributed by atoms with Crippen molar-refractivity contribution in [3.05, 3.63) is 107 Å². The van der Waals surface area contributed by atoms with E-state index in [2.05, 4.69) is 25.8 Å². The molecule has 0 atom stereocenters. The fourth-order valence-electron chi connectivity index (χ4n) is 4.14. The number of anilines is 2. The van der Waals surface area contributed by atoms with Gasteiger partial charge in [-0.15, -0.1) is 0 Å². The van der Waals surface area contributed by atoms with E-state index >= 15 is 0 Å². The molecule has 5 N–H and O–H groups in total. The number of H-pyrrole nitrogens is 1. The summed E-state index contributed by atoms with van der Waals surface area (Å²) >= 11 is 0. The molecule has 5 aromatic rings. The van der Waals surface area contributed by atoms with Crippen molar-refractivity contribution >= 4 is 28.3 Å². The van der Waals surface area contributed by atoms with Crippen molar-refractivity contribution in [2.75, 3.05) is 11.1 Å². The van der Waals surface area contributed by atoms with Crippen molar-refractivity contribution in [2.24, 2.45) is 0 Å². The molecule has 2 aromatic heterocycles. The first-order valence-corrected chi connectivity index (χ1v) is 12.0. The Hall–Kier alpha value is -5.00. The first-order chi connectivity index (χ1) is 19.1. The second kappa shape index (κ2) is 10.6. The molecule has 40 heavy (non-hydrogen) atoms. The van der Waals surface area contributed by atoms with E-state index in [0.717, 1.165) is 34.2 Å². The summed E-state index contributed by atoms with van der Waals surface area (Å²) in [6, 6.07) is 16.4. The number of alkyl halides is 3. The number of aromatic amines is 1. The van der Waals surface area contributed by atoms with Crippen LogP contribution >= 0.6 is 0 Å². The zero-order valence-electron chi connectivity index (χ0n) is 20.6. The molecule has 0 aliphatic rings. The van der Waals surface area contributed by atoms with Crippen LogP contribution in [0.2, 0.25) is 0 Å². The molecule has 12 heteroatoms. The number of nitrogens with zero attached hydrogens (tertiary/aromatic N) is 2. The van der Waals surface area contributed by atoms with E-state index in [1.165, 1.54) is 6.07 Å². The summed E-state index contributed by atoms with van der Waals surface area (Å²) in [4.78, 5) is 16.7. The molecule has 0 fully saturated rings. The number of halogens is 5. The molecule has 0 radical (unpaired) electrons. The number of amides is 1. The molecule has 2 heterocycles. The smallest absolute Gasteiger partial charge is 0.398 e. The molecule has 0 unspecified atom stereocenters. The molecule has 0 spiro atoms. The summed E-state index contributed by atoms with van der Waals surface area (Å²) in [5, 5.41) is 13.4. The number of fused-ring (bicyclic) bond motifs is 1. The second-order valence-electron chi connectivity index (χ2n) is 8.94. The van der Waals surface area contributed by atoms with Crippen LogP contribution in [0.1, 0.15) is 27.0 Å². The SMILES string of the molecule is Nc1cccc2[nH]nc(-c3ccc(CNc4ncc(C(F)(F)F)cc4C(=O)NCc4ccc(F)c(F)c4)cc3)c12. The van der Waals surface area contributed by atoms with Crippen LogP contribution < -0.4 is 16.4 Å². The Kier molecular flexibility index (Phi) is 7.07. The van der Waals surface area contributed by atoms with E-state index in [9.17, 15) is 26.7 Å². The standard InChI is InChI=1S/C28H21F5N6O/c29-20-9-6-16(10-21(20)30)13-37-27(40)19-11-18(28(31,32)33)14-36-26(19)35-12-15-4-7-17(8-5-15)25-24-22(34)2-1-3-23(24)38-39-25/h1-11,14H,12-13,34H2,(H,35,36)(H,37,40)(H,38,39). The van der Waals surface area contributed by atoms with E-state index < -0.39 is 29.3 Å². The van der Waals surface area contributed by atoms with Crippen LogP contribution in [-0.2, 0) is 19.3 Å². The van der Waals surface area contributed by atoms with E-state index in [0.29, 0.717) is 23.6 Å². The fourth-order valence-corrected chi connectivity index (χ4v) is 4.14. The lowest BCUT2D eigenvalue weighted by atomic mass is 10.0. The normalized spacial score (nSPS) is 11.5. The number of nitrogens with two attached hydrogens (primary N) is 1. The summed E-state index contributed by atoms with van der Waals surface area (Å²) in [6.45, 7) is -0.0921. The highest BCUT2D eigenvalue weighted by molar-refractivity contribution is 6.01. The largest absolute Gasteiger partial charge is 0.417 e. The Morgan fingerprint density at radius 2 is 1.68 bits per heavy atom. The van der Waals surface area contributed by atoms with Crippen LogP contribution in [0.25, 0.3) is 22.2 Å². The molecule has 7 nitrogen and oxygen atoms in total. The lowest BCUT2D eigenvalue weighted by Gasteiger charge is -2.14. The van der Waals surface area contributed by atoms with Crippen molar-refractivity contribution in [2.45, 2.75) is 19.3 Å². The molecule has 0 bridgehead atoms. The minimum Gasteiger partial charge on any atom is -0.398 e. The lowest BCUT2D eigenvalue weighted by molar-refractivity contribution is -0.137. The van der Waals surface area contributed by atoms with Gasteiger partial charge in [-0.2, -0.15) is 18.3 Å². The predicted molar refractivity (Wildman–Crippen MR) is 140 cm³/mol.